The highest BCUT2D eigenvalue weighted by Crippen LogP contribution is 2.57. The summed E-state index contributed by atoms with van der Waals surface area (Å²) in [5.41, 5.74) is -1.82. The number of carbonyl (C=O) groups is 3. The third-order valence-corrected chi connectivity index (χ3v) is 9.08. The molecule has 1 unspecified atom stereocenters. The van der Waals surface area contributed by atoms with Crippen LogP contribution in [0.15, 0.2) is 66.8 Å². The Hall–Kier alpha value is -3.49. The zero-order chi connectivity index (χ0) is 28.9. The second kappa shape index (κ2) is 10.4. The number of esters is 1. The molecule has 4 aliphatic heterocycles. The number of hydrogen-bond acceptors (Lipinski definition) is 6. The normalized spacial score (nSPS) is 33.0. The summed E-state index contributed by atoms with van der Waals surface area (Å²) < 4.78 is 12.5. The first-order chi connectivity index (χ1) is 19.7. The Morgan fingerprint density at radius 1 is 1.00 bits per heavy atom. The number of nitrogens with zero attached hydrogens (tertiary/aromatic N) is 2. The van der Waals surface area contributed by atoms with Crippen molar-refractivity contribution in [1.29, 1.82) is 0 Å². The lowest BCUT2D eigenvalue weighted by Gasteiger charge is -2.40. The second-order valence-corrected chi connectivity index (χ2v) is 12.3. The van der Waals surface area contributed by atoms with Crippen molar-refractivity contribution in [3.63, 3.8) is 0 Å². The highest BCUT2D eigenvalue weighted by Gasteiger charge is 2.75. The van der Waals surface area contributed by atoms with Gasteiger partial charge in [0, 0.05) is 12.2 Å². The van der Waals surface area contributed by atoms with E-state index in [1.807, 2.05) is 87.5 Å². The predicted molar refractivity (Wildman–Crippen MR) is 155 cm³/mol. The standard InChI is InChI=1S/C33H38N2O6/c1-21(2)18-25(20-36)35-28-30(38)34(24-13-12-22-10-5-6-11-23(22)19-24)16-9-15-33(28)26(29(35)37)27-31(39)40-17-8-4-7-14-32(27,3)41-33/h5-7,9-15,19,21,25-28,36H,4,8,16-18,20H2,1-3H3/b14-7-/t25-,26+,27-,28?,32+,33+/m1/s1. The third-order valence-electron chi connectivity index (χ3n) is 9.08. The van der Waals surface area contributed by atoms with Crippen LogP contribution in [0, 0.1) is 17.8 Å². The number of benzene rings is 2. The number of aliphatic hydroxyl groups excluding tert-OH is 1. The Bertz CT molecular complexity index is 1430. The SMILES string of the molecule is CC(C)C[C@H](CO)N1C(=O)[C@@H]2[C@@H]3C(=O)OCCC/C=C\[C@]3(C)O[C@@]23C=CCN(c2ccc4ccccc4c2)C(=O)C13. The molecule has 0 aliphatic carbocycles. The number of amides is 2. The van der Waals surface area contributed by atoms with Crippen molar-refractivity contribution in [2.45, 2.75) is 63.3 Å². The summed E-state index contributed by atoms with van der Waals surface area (Å²) >= 11 is 0. The lowest BCUT2D eigenvalue weighted by Crippen LogP contribution is -2.59. The van der Waals surface area contributed by atoms with Crippen LogP contribution in [0.1, 0.15) is 40.0 Å². The Labute approximate surface area is 240 Å². The fourth-order valence-electron chi connectivity index (χ4n) is 7.36. The van der Waals surface area contributed by atoms with Gasteiger partial charge in [-0.3, -0.25) is 14.4 Å². The molecule has 0 saturated carbocycles. The first-order valence-electron chi connectivity index (χ1n) is 14.7. The van der Waals surface area contributed by atoms with Crippen molar-refractivity contribution in [2.24, 2.45) is 17.8 Å². The summed E-state index contributed by atoms with van der Waals surface area (Å²) in [5, 5.41) is 12.6. The highest BCUT2D eigenvalue weighted by atomic mass is 16.6. The molecule has 8 nitrogen and oxygen atoms in total. The van der Waals surface area contributed by atoms with Gasteiger partial charge < -0.3 is 24.4 Å². The molecule has 6 atom stereocenters. The van der Waals surface area contributed by atoms with E-state index in [1.54, 1.807) is 4.90 Å². The third kappa shape index (κ3) is 4.39. The van der Waals surface area contributed by atoms with Crippen LogP contribution in [0.3, 0.4) is 0 Å². The molecule has 4 aliphatic rings. The summed E-state index contributed by atoms with van der Waals surface area (Å²) in [4.78, 5) is 46.1. The predicted octanol–water partition coefficient (Wildman–Crippen LogP) is 4.01. The molecule has 0 radical (unpaired) electrons. The van der Waals surface area contributed by atoms with Gasteiger partial charge in [0.15, 0.2) is 0 Å². The lowest BCUT2D eigenvalue weighted by atomic mass is 9.74. The van der Waals surface area contributed by atoms with E-state index < -0.39 is 41.1 Å². The van der Waals surface area contributed by atoms with E-state index in [0.717, 1.165) is 10.8 Å². The van der Waals surface area contributed by atoms with Gasteiger partial charge in [0.05, 0.1) is 30.8 Å². The van der Waals surface area contributed by atoms with Gasteiger partial charge in [0.1, 0.15) is 17.6 Å². The molecule has 0 aromatic heterocycles. The molecule has 2 aromatic carbocycles. The molecule has 8 heteroatoms. The van der Waals surface area contributed by atoms with E-state index >= 15 is 0 Å². The smallest absolute Gasteiger partial charge is 0.313 e. The quantitative estimate of drug-likeness (QED) is 0.440. The number of fused-ring (bicyclic) bond motifs is 3. The first kappa shape index (κ1) is 27.7. The molecule has 2 fully saturated rings. The molecule has 1 spiro atoms. The number of rotatable bonds is 5. The van der Waals surface area contributed by atoms with Gasteiger partial charge >= 0.3 is 5.97 Å². The van der Waals surface area contributed by atoms with Crippen molar-refractivity contribution in [2.75, 3.05) is 24.7 Å². The van der Waals surface area contributed by atoms with Gasteiger partial charge in [-0.2, -0.15) is 0 Å². The molecule has 41 heavy (non-hydrogen) atoms. The number of aliphatic hydroxyl groups is 1. The van der Waals surface area contributed by atoms with Crippen molar-refractivity contribution in [3.8, 4) is 0 Å². The fraction of sp³-hybridized carbons (Fsp3) is 0.485. The number of hydrogen-bond donors (Lipinski definition) is 1. The summed E-state index contributed by atoms with van der Waals surface area (Å²) in [6.07, 6.45) is 9.44. The number of cyclic esters (lactones) is 1. The molecule has 6 rings (SSSR count). The van der Waals surface area contributed by atoms with Gasteiger partial charge in [0.2, 0.25) is 5.91 Å². The summed E-state index contributed by atoms with van der Waals surface area (Å²) in [5.74, 6) is -2.88. The Morgan fingerprint density at radius 2 is 1.78 bits per heavy atom. The van der Waals surface area contributed by atoms with E-state index in [1.165, 1.54) is 4.90 Å². The average molecular weight is 559 g/mol. The summed E-state index contributed by atoms with van der Waals surface area (Å²) in [6, 6.07) is 12.2. The molecule has 2 aromatic rings. The molecule has 216 valence electrons. The van der Waals surface area contributed by atoms with Crippen LogP contribution < -0.4 is 4.90 Å². The fourth-order valence-corrected chi connectivity index (χ4v) is 7.36. The van der Waals surface area contributed by atoms with Crippen molar-refractivity contribution >= 4 is 34.2 Å². The van der Waals surface area contributed by atoms with Crippen LogP contribution in [0.4, 0.5) is 5.69 Å². The topological polar surface area (TPSA) is 96.4 Å². The van der Waals surface area contributed by atoms with Crippen LogP contribution in [-0.4, -0.2) is 70.8 Å². The van der Waals surface area contributed by atoms with Crippen LogP contribution in [0.5, 0.6) is 0 Å². The maximum absolute atomic E-state index is 14.7. The van der Waals surface area contributed by atoms with Crippen molar-refractivity contribution in [3.05, 3.63) is 66.8 Å². The van der Waals surface area contributed by atoms with Crippen molar-refractivity contribution < 1.29 is 29.0 Å². The van der Waals surface area contributed by atoms with Crippen LogP contribution >= 0.6 is 0 Å². The van der Waals surface area contributed by atoms with Crippen LogP contribution in [0.2, 0.25) is 0 Å². The largest absolute Gasteiger partial charge is 0.465 e. The van der Waals surface area contributed by atoms with Gasteiger partial charge in [-0.05, 0) is 55.0 Å². The van der Waals surface area contributed by atoms with Gasteiger partial charge in [-0.1, -0.05) is 68.5 Å². The molecule has 0 bridgehead atoms. The van der Waals surface area contributed by atoms with Crippen LogP contribution in [-0.2, 0) is 23.9 Å². The monoisotopic (exact) mass is 558 g/mol. The zero-order valence-electron chi connectivity index (χ0n) is 23.9. The number of allylic oxidation sites excluding steroid dienone is 1. The Balaban J connectivity index is 1.50. The van der Waals surface area contributed by atoms with E-state index in [4.69, 9.17) is 9.47 Å². The van der Waals surface area contributed by atoms with Gasteiger partial charge in [0.25, 0.3) is 5.91 Å². The van der Waals surface area contributed by atoms with E-state index in [0.29, 0.717) is 24.9 Å². The molecule has 4 heterocycles. The number of ether oxygens (including phenoxy) is 2. The average Bonchev–Trinajstić information content (AvgIpc) is 3.30. The molecule has 1 N–H and O–H groups in total. The van der Waals surface area contributed by atoms with E-state index in [2.05, 4.69) is 0 Å². The Morgan fingerprint density at radius 3 is 2.54 bits per heavy atom. The summed E-state index contributed by atoms with van der Waals surface area (Å²) in [6.45, 7) is 6.08. The maximum atomic E-state index is 14.7. The highest BCUT2D eigenvalue weighted by molar-refractivity contribution is 6.06. The zero-order valence-corrected chi connectivity index (χ0v) is 23.9. The number of carbonyl (C=O) groups excluding carboxylic acids is 3. The second-order valence-electron chi connectivity index (χ2n) is 12.3. The number of anilines is 1. The van der Waals surface area contributed by atoms with Gasteiger partial charge in [-0.15, -0.1) is 0 Å². The Kier molecular flexibility index (Phi) is 7.02. The number of likely N-dealkylation sites (tertiary alicyclic amines) is 1. The lowest BCUT2D eigenvalue weighted by molar-refractivity contribution is -0.159. The molecule has 2 amide bonds. The molecule has 2 saturated heterocycles. The van der Waals surface area contributed by atoms with E-state index in [-0.39, 0.29) is 37.5 Å². The maximum Gasteiger partial charge on any atom is 0.313 e. The minimum atomic E-state index is -1.40. The van der Waals surface area contributed by atoms with Crippen molar-refractivity contribution in [1.82, 2.24) is 4.90 Å². The van der Waals surface area contributed by atoms with Gasteiger partial charge in [-0.25, -0.2) is 0 Å². The molecular formula is C33H38N2O6. The first-order valence-corrected chi connectivity index (χ1v) is 14.7. The molecular weight excluding hydrogens is 520 g/mol. The minimum Gasteiger partial charge on any atom is -0.465 e. The van der Waals surface area contributed by atoms with E-state index in [9.17, 15) is 19.5 Å². The summed E-state index contributed by atoms with van der Waals surface area (Å²) in [7, 11) is 0. The minimum absolute atomic E-state index is 0.161. The van der Waals surface area contributed by atoms with Crippen LogP contribution in [0.25, 0.3) is 10.8 Å².